The first-order valence-electron chi connectivity index (χ1n) is 12.8. The van der Waals surface area contributed by atoms with Gasteiger partial charge in [0.1, 0.15) is 17.8 Å². The van der Waals surface area contributed by atoms with E-state index >= 15 is 0 Å². The van der Waals surface area contributed by atoms with Crippen LogP contribution in [0.3, 0.4) is 0 Å². The second-order valence-electron chi connectivity index (χ2n) is 10.8. The molecule has 0 aromatic carbocycles. The number of aromatic nitrogens is 5. The van der Waals surface area contributed by atoms with Crippen LogP contribution in [-0.2, 0) is 18.8 Å². The first-order valence-corrected chi connectivity index (χ1v) is 12.8. The molecule has 13 heteroatoms. The van der Waals surface area contributed by atoms with Crippen molar-refractivity contribution in [2.75, 3.05) is 17.4 Å². The minimum atomic E-state index is -0.683. The smallest absolute Gasteiger partial charge is 0.399 e. The highest BCUT2D eigenvalue weighted by atomic mass is 16.7. The van der Waals surface area contributed by atoms with Crippen LogP contribution in [0.4, 0.5) is 11.5 Å². The first kappa shape index (κ1) is 26.9. The van der Waals surface area contributed by atoms with Crippen molar-refractivity contribution in [2.24, 2.45) is 0 Å². The summed E-state index contributed by atoms with van der Waals surface area (Å²) in [6.07, 6.45) is 6.05. The number of amides is 1. The maximum absolute atomic E-state index is 13.3. The van der Waals surface area contributed by atoms with Crippen molar-refractivity contribution in [1.82, 2.24) is 30.2 Å². The number of methoxy groups -OCH3 is 1. The highest BCUT2D eigenvalue weighted by Gasteiger charge is 2.52. The monoisotopic (exact) mass is 532 g/mol. The molecule has 5 rings (SSSR count). The highest BCUT2D eigenvalue weighted by molar-refractivity contribution is 6.62. The Morgan fingerprint density at radius 2 is 1.92 bits per heavy atom. The molecule has 39 heavy (non-hydrogen) atoms. The summed E-state index contributed by atoms with van der Waals surface area (Å²) in [4.78, 5) is 22.3. The van der Waals surface area contributed by atoms with Crippen molar-refractivity contribution >= 4 is 30.0 Å². The summed E-state index contributed by atoms with van der Waals surface area (Å²) in [6, 6.07) is 7.43. The molecule has 1 fully saturated rings. The molecule has 1 amide bonds. The van der Waals surface area contributed by atoms with Gasteiger partial charge in [0.2, 0.25) is 0 Å². The van der Waals surface area contributed by atoms with E-state index in [2.05, 4.69) is 30.9 Å². The Hall–Kier alpha value is -3.65. The second kappa shape index (κ2) is 10.2. The van der Waals surface area contributed by atoms with Crippen LogP contribution in [0.1, 0.15) is 47.6 Å². The van der Waals surface area contributed by atoms with Crippen molar-refractivity contribution < 1.29 is 18.8 Å². The van der Waals surface area contributed by atoms with Crippen LogP contribution < -0.4 is 21.2 Å². The number of carbonyl (C=O) groups is 1. The molecule has 3 aromatic rings. The van der Waals surface area contributed by atoms with E-state index in [1.807, 2.05) is 64.3 Å². The zero-order valence-corrected chi connectivity index (χ0v) is 23.2. The molecule has 2 N–H and O–H groups in total. The van der Waals surface area contributed by atoms with Crippen LogP contribution in [0.5, 0.6) is 0 Å². The van der Waals surface area contributed by atoms with E-state index in [1.165, 1.54) is 7.11 Å². The van der Waals surface area contributed by atoms with Gasteiger partial charge in [0.15, 0.2) is 12.1 Å². The summed E-state index contributed by atoms with van der Waals surface area (Å²) in [5.74, 6) is 0.648. The van der Waals surface area contributed by atoms with E-state index in [4.69, 9.17) is 14.0 Å². The Balaban J connectivity index is 1.35. The SMILES string of the molecule is COC1NN(c2cncc(B3OC(C)(C)C(C)(C)O3)c2)C=C1C(=O)Nc1cccc(-c2nncn2C(C)C)n1. The summed E-state index contributed by atoms with van der Waals surface area (Å²) >= 11 is 0. The number of hydrazine groups is 1. The van der Waals surface area contributed by atoms with Crippen LogP contribution in [0, 0.1) is 0 Å². The summed E-state index contributed by atoms with van der Waals surface area (Å²) in [6.45, 7) is 12.1. The van der Waals surface area contributed by atoms with Gasteiger partial charge in [-0.3, -0.25) is 14.8 Å². The van der Waals surface area contributed by atoms with Crippen LogP contribution in [0.25, 0.3) is 11.5 Å². The number of nitrogens with one attached hydrogen (secondary N) is 2. The maximum Gasteiger partial charge on any atom is 0.496 e. The predicted molar refractivity (Wildman–Crippen MR) is 147 cm³/mol. The molecule has 0 radical (unpaired) electrons. The average Bonchev–Trinajstić information content (AvgIpc) is 3.60. The number of carbonyl (C=O) groups excluding carboxylic acids is 1. The van der Waals surface area contributed by atoms with Crippen LogP contribution >= 0.6 is 0 Å². The number of ether oxygens (including phenoxy) is 1. The van der Waals surface area contributed by atoms with E-state index in [1.54, 1.807) is 36.0 Å². The van der Waals surface area contributed by atoms with Gasteiger partial charge in [-0.1, -0.05) is 6.07 Å². The predicted octanol–water partition coefficient (Wildman–Crippen LogP) is 2.43. The number of anilines is 2. The lowest BCUT2D eigenvalue weighted by molar-refractivity contribution is -0.114. The number of nitrogens with zero attached hydrogens (tertiary/aromatic N) is 6. The third-order valence-corrected chi connectivity index (χ3v) is 7.20. The Morgan fingerprint density at radius 1 is 1.18 bits per heavy atom. The molecule has 204 valence electrons. The van der Waals surface area contributed by atoms with Gasteiger partial charge >= 0.3 is 7.12 Å². The molecule has 1 atom stereocenters. The zero-order chi connectivity index (χ0) is 27.9. The maximum atomic E-state index is 13.3. The molecule has 5 heterocycles. The molecule has 0 spiro atoms. The fraction of sp³-hybridized carbons (Fsp3) is 0.423. The van der Waals surface area contributed by atoms with Crippen molar-refractivity contribution in [3.63, 3.8) is 0 Å². The summed E-state index contributed by atoms with van der Waals surface area (Å²) in [5.41, 5.74) is 4.67. The largest absolute Gasteiger partial charge is 0.496 e. The minimum absolute atomic E-state index is 0.163. The van der Waals surface area contributed by atoms with E-state index < -0.39 is 24.5 Å². The van der Waals surface area contributed by atoms with Crippen LogP contribution in [-0.4, -0.2) is 62.3 Å². The van der Waals surface area contributed by atoms with Gasteiger partial charge in [0, 0.05) is 31.0 Å². The van der Waals surface area contributed by atoms with Crippen LogP contribution in [0.15, 0.2) is 54.8 Å². The normalized spacial score (nSPS) is 20.0. The summed E-state index contributed by atoms with van der Waals surface area (Å²) < 4.78 is 19.8. The molecular formula is C26H33BN8O4. The second-order valence-corrected chi connectivity index (χ2v) is 10.8. The van der Waals surface area contributed by atoms with Crippen molar-refractivity contribution in [3.8, 4) is 11.5 Å². The lowest BCUT2D eigenvalue weighted by Gasteiger charge is -2.32. The zero-order valence-electron chi connectivity index (χ0n) is 23.2. The third-order valence-electron chi connectivity index (χ3n) is 7.20. The minimum Gasteiger partial charge on any atom is -0.399 e. The van der Waals surface area contributed by atoms with Gasteiger partial charge in [-0.05, 0) is 59.7 Å². The van der Waals surface area contributed by atoms with Gasteiger partial charge in [0.05, 0.1) is 28.7 Å². The van der Waals surface area contributed by atoms with E-state index in [9.17, 15) is 4.79 Å². The Bertz CT molecular complexity index is 1390. The fourth-order valence-electron chi connectivity index (χ4n) is 4.25. The molecule has 1 saturated heterocycles. The van der Waals surface area contributed by atoms with Gasteiger partial charge in [0.25, 0.3) is 5.91 Å². The van der Waals surface area contributed by atoms with E-state index in [0.717, 1.165) is 5.46 Å². The molecule has 3 aromatic heterocycles. The van der Waals surface area contributed by atoms with Crippen molar-refractivity contribution in [3.05, 3.63) is 54.8 Å². The van der Waals surface area contributed by atoms with Gasteiger partial charge in [-0.25, -0.2) is 4.98 Å². The van der Waals surface area contributed by atoms with Crippen molar-refractivity contribution in [2.45, 2.75) is 65.0 Å². The van der Waals surface area contributed by atoms with Gasteiger partial charge in [-0.2, -0.15) is 5.43 Å². The Morgan fingerprint density at radius 3 is 2.62 bits per heavy atom. The standard InChI is InChI=1S/C26H33BN8O4/c1-16(2)34-15-29-32-22(34)20-9-8-10-21(30-20)31-23(36)19-14-35(33-24(19)37-7)18-11-17(12-28-13-18)27-38-25(3,4)26(5,6)39-27/h8-16,24,33H,1-7H3,(H,30,31,36). The molecular weight excluding hydrogens is 499 g/mol. The number of hydrogen-bond acceptors (Lipinski definition) is 10. The van der Waals surface area contributed by atoms with Gasteiger partial charge in [-0.15, -0.1) is 10.2 Å². The van der Waals surface area contributed by atoms with Crippen LogP contribution in [0.2, 0.25) is 0 Å². The summed E-state index contributed by atoms with van der Waals surface area (Å²) in [7, 11) is 0.966. The molecule has 1 unspecified atom stereocenters. The molecule has 0 aliphatic carbocycles. The highest BCUT2D eigenvalue weighted by Crippen LogP contribution is 2.36. The Labute approximate surface area is 227 Å². The summed E-state index contributed by atoms with van der Waals surface area (Å²) in [5, 5.41) is 12.8. The average molecular weight is 532 g/mol. The molecule has 12 nitrogen and oxygen atoms in total. The number of hydrogen-bond donors (Lipinski definition) is 2. The molecule has 2 aliphatic heterocycles. The van der Waals surface area contributed by atoms with Crippen molar-refractivity contribution in [1.29, 1.82) is 0 Å². The van der Waals surface area contributed by atoms with Gasteiger partial charge < -0.3 is 23.9 Å². The fourth-order valence-corrected chi connectivity index (χ4v) is 4.25. The van der Waals surface area contributed by atoms with E-state index in [-0.39, 0.29) is 11.9 Å². The Kier molecular flexibility index (Phi) is 7.01. The quantitative estimate of drug-likeness (QED) is 0.438. The van der Waals surface area contributed by atoms with E-state index in [0.29, 0.717) is 28.6 Å². The molecule has 0 saturated carbocycles. The number of rotatable bonds is 7. The topological polar surface area (TPSA) is 129 Å². The number of pyridine rings is 2. The molecule has 0 bridgehead atoms. The third kappa shape index (κ3) is 5.18. The lowest BCUT2D eigenvalue weighted by Crippen LogP contribution is -2.41. The lowest BCUT2D eigenvalue weighted by atomic mass is 9.80. The molecule has 2 aliphatic rings. The first-order chi connectivity index (χ1) is 18.5.